The highest BCUT2D eigenvalue weighted by molar-refractivity contribution is 8.12. The van der Waals surface area contributed by atoms with E-state index >= 15 is 0 Å². The first-order valence-electron chi connectivity index (χ1n) is 3.96. The lowest BCUT2D eigenvalue weighted by molar-refractivity contribution is -0.144. The third-order valence-corrected chi connectivity index (χ3v) is 3.77. The van der Waals surface area contributed by atoms with E-state index in [0.717, 1.165) is 17.1 Å². The summed E-state index contributed by atoms with van der Waals surface area (Å²) in [5.74, 6) is -0.539. The third kappa shape index (κ3) is 1.26. The zero-order valence-electron chi connectivity index (χ0n) is 6.68. The van der Waals surface area contributed by atoms with Gasteiger partial charge in [-0.3, -0.25) is 4.79 Å². The van der Waals surface area contributed by atoms with Gasteiger partial charge in [0.1, 0.15) is 0 Å². The molecule has 0 aromatic heterocycles. The van der Waals surface area contributed by atoms with Gasteiger partial charge < -0.3 is 0 Å². The van der Waals surface area contributed by atoms with E-state index in [0.29, 0.717) is 0 Å². The van der Waals surface area contributed by atoms with Crippen LogP contribution in [0.5, 0.6) is 0 Å². The molecule has 0 radical (unpaired) electrons. The Morgan fingerprint density at radius 2 is 2.23 bits per heavy atom. The Labute approximate surface area is 80.7 Å². The van der Waals surface area contributed by atoms with Crippen LogP contribution in [-0.4, -0.2) is 24.7 Å². The quantitative estimate of drug-likeness (QED) is 0.371. The van der Waals surface area contributed by atoms with E-state index in [4.69, 9.17) is 10.7 Å². The van der Waals surface area contributed by atoms with Crippen LogP contribution in [0.2, 0.25) is 0 Å². The Bertz CT molecular complexity index is 375. The summed E-state index contributed by atoms with van der Waals surface area (Å²) in [6.07, 6.45) is 5.17. The molecule has 1 saturated heterocycles. The smallest absolute Gasteiger partial charge is 0.273 e. The van der Waals surface area contributed by atoms with Crippen LogP contribution in [0.3, 0.4) is 0 Å². The lowest BCUT2D eigenvalue weighted by Gasteiger charge is -2.44. The Hall–Kier alpha value is -0.550. The van der Waals surface area contributed by atoms with Crippen molar-refractivity contribution in [3.05, 3.63) is 12.2 Å². The molecular weight excluding hydrogens is 214 g/mol. The van der Waals surface area contributed by atoms with Crippen molar-refractivity contribution in [1.29, 1.82) is 0 Å². The molecule has 1 fully saturated rings. The molecule has 1 heterocycles. The average molecular weight is 222 g/mol. The summed E-state index contributed by atoms with van der Waals surface area (Å²) in [4.78, 5) is 11.3. The normalized spacial score (nSPS) is 32.7. The fraction of sp³-hybridized carbons (Fsp3) is 0.571. The summed E-state index contributed by atoms with van der Waals surface area (Å²) in [5.41, 5.74) is 0. The zero-order chi connectivity index (χ0) is 9.64. The molecule has 1 aliphatic carbocycles. The number of carbonyl (C=O) groups is 1. The first-order chi connectivity index (χ1) is 6.02. The van der Waals surface area contributed by atoms with Gasteiger partial charge in [0.25, 0.3) is 0 Å². The summed E-state index contributed by atoms with van der Waals surface area (Å²) in [7, 11) is 1.21. The molecule has 2 unspecified atom stereocenters. The number of allylic oxidation sites excluding steroid dienone is 1. The largest absolute Gasteiger partial charge is 0.324 e. The van der Waals surface area contributed by atoms with Crippen LogP contribution in [0.4, 0.5) is 0 Å². The maximum atomic E-state index is 11.3. The van der Waals surface area contributed by atoms with Crippen molar-refractivity contribution in [2.24, 2.45) is 5.92 Å². The molecule has 2 aliphatic rings. The van der Waals surface area contributed by atoms with Gasteiger partial charge in [-0.15, -0.1) is 0 Å². The van der Waals surface area contributed by atoms with Gasteiger partial charge in [0.05, 0.1) is 12.0 Å². The summed E-state index contributed by atoms with van der Waals surface area (Å²) in [6.45, 7) is 0. The standard InChI is InChI=1S/C7H8ClNO3S/c8-13(11,12)9-6-4-2-1-3-5(6)7(9)10/h2,4-6H,1,3H2. The average Bonchev–Trinajstić information content (AvgIpc) is 2.00. The van der Waals surface area contributed by atoms with Crippen molar-refractivity contribution in [3.8, 4) is 0 Å². The number of carbonyl (C=O) groups excluding carboxylic acids is 1. The number of amides is 1. The van der Waals surface area contributed by atoms with Crippen molar-refractivity contribution in [1.82, 2.24) is 4.31 Å². The van der Waals surface area contributed by atoms with Crippen molar-refractivity contribution >= 4 is 25.8 Å². The zero-order valence-corrected chi connectivity index (χ0v) is 8.25. The minimum Gasteiger partial charge on any atom is -0.273 e. The summed E-state index contributed by atoms with van der Waals surface area (Å²) < 4.78 is 22.6. The minimum atomic E-state index is -3.88. The molecule has 0 saturated carbocycles. The Morgan fingerprint density at radius 1 is 1.54 bits per heavy atom. The van der Waals surface area contributed by atoms with Gasteiger partial charge in [-0.05, 0) is 12.8 Å². The number of β-lactam (4-membered cyclic amide) rings is 1. The molecule has 0 spiro atoms. The van der Waals surface area contributed by atoms with Gasteiger partial charge in [0, 0.05) is 10.7 Å². The second-order valence-corrected chi connectivity index (χ2v) is 5.57. The number of hydrogen-bond acceptors (Lipinski definition) is 3. The molecule has 72 valence electrons. The number of fused-ring (bicyclic) bond motifs is 1. The summed E-state index contributed by atoms with van der Waals surface area (Å²) >= 11 is 0. The van der Waals surface area contributed by atoms with E-state index in [1.807, 2.05) is 6.08 Å². The number of hydrogen-bond donors (Lipinski definition) is 0. The van der Waals surface area contributed by atoms with Crippen LogP contribution >= 0.6 is 10.7 Å². The molecule has 6 heteroatoms. The van der Waals surface area contributed by atoms with Crippen molar-refractivity contribution in [3.63, 3.8) is 0 Å². The lowest BCUT2D eigenvalue weighted by atomic mass is 9.82. The minimum absolute atomic E-state index is 0.168. The predicted octanol–water partition coefficient (Wildman–Crippen LogP) is 0.647. The van der Waals surface area contributed by atoms with E-state index in [9.17, 15) is 13.2 Å². The van der Waals surface area contributed by atoms with Crippen molar-refractivity contribution in [2.75, 3.05) is 0 Å². The van der Waals surface area contributed by atoms with E-state index in [-0.39, 0.29) is 17.9 Å². The van der Waals surface area contributed by atoms with E-state index in [2.05, 4.69) is 0 Å². The van der Waals surface area contributed by atoms with E-state index < -0.39 is 9.24 Å². The SMILES string of the molecule is O=C1C2CCC=CC2N1S(=O)(=O)Cl. The molecule has 2 rings (SSSR count). The number of rotatable bonds is 1. The Balaban J connectivity index is 2.30. The highest BCUT2D eigenvalue weighted by atomic mass is 35.7. The van der Waals surface area contributed by atoms with Gasteiger partial charge >= 0.3 is 9.24 Å². The molecule has 0 aromatic rings. The van der Waals surface area contributed by atoms with Crippen LogP contribution in [0.1, 0.15) is 12.8 Å². The van der Waals surface area contributed by atoms with Crippen molar-refractivity contribution < 1.29 is 13.2 Å². The monoisotopic (exact) mass is 221 g/mol. The Kier molecular flexibility index (Phi) is 1.89. The maximum Gasteiger partial charge on any atom is 0.324 e. The number of halogens is 1. The van der Waals surface area contributed by atoms with Crippen LogP contribution in [0.25, 0.3) is 0 Å². The topological polar surface area (TPSA) is 54.5 Å². The molecule has 2 atom stereocenters. The summed E-state index contributed by atoms with van der Waals surface area (Å²) in [5, 5.41) is 0. The molecule has 1 aliphatic heterocycles. The number of nitrogens with zero attached hydrogens (tertiary/aromatic N) is 1. The third-order valence-electron chi connectivity index (χ3n) is 2.43. The van der Waals surface area contributed by atoms with Crippen molar-refractivity contribution in [2.45, 2.75) is 18.9 Å². The maximum absolute atomic E-state index is 11.3. The molecule has 1 amide bonds. The first kappa shape index (κ1) is 9.02. The fourth-order valence-electron chi connectivity index (χ4n) is 1.81. The van der Waals surface area contributed by atoms with Gasteiger partial charge in [0.15, 0.2) is 0 Å². The highest BCUT2D eigenvalue weighted by Crippen LogP contribution is 2.37. The molecule has 13 heavy (non-hydrogen) atoms. The van der Waals surface area contributed by atoms with Gasteiger partial charge in [-0.1, -0.05) is 12.2 Å². The van der Waals surface area contributed by atoms with Gasteiger partial charge in [-0.25, -0.2) is 4.31 Å². The second kappa shape index (κ2) is 2.72. The lowest BCUT2D eigenvalue weighted by Crippen LogP contribution is -2.61. The summed E-state index contributed by atoms with van der Waals surface area (Å²) in [6, 6.07) is -0.330. The predicted molar refractivity (Wildman–Crippen MR) is 47.3 cm³/mol. The van der Waals surface area contributed by atoms with Crippen LogP contribution in [0.15, 0.2) is 12.2 Å². The van der Waals surface area contributed by atoms with Crippen LogP contribution in [-0.2, 0) is 14.0 Å². The Morgan fingerprint density at radius 3 is 2.85 bits per heavy atom. The van der Waals surface area contributed by atoms with E-state index in [1.54, 1.807) is 6.08 Å². The van der Waals surface area contributed by atoms with Gasteiger partial charge in [0.2, 0.25) is 5.91 Å². The first-order valence-corrected chi connectivity index (χ1v) is 6.23. The molecule has 0 N–H and O–H groups in total. The molecule has 0 aromatic carbocycles. The molecule has 0 bridgehead atoms. The molecular formula is C7H8ClNO3S. The van der Waals surface area contributed by atoms with Crippen LogP contribution < -0.4 is 0 Å². The van der Waals surface area contributed by atoms with E-state index in [1.165, 1.54) is 0 Å². The second-order valence-electron chi connectivity index (χ2n) is 3.18. The fourth-order valence-corrected chi connectivity index (χ4v) is 3.15. The van der Waals surface area contributed by atoms with Crippen LogP contribution in [0, 0.1) is 5.92 Å². The van der Waals surface area contributed by atoms with Gasteiger partial charge in [-0.2, -0.15) is 8.42 Å². The highest BCUT2D eigenvalue weighted by Gasteiger charge is 2.51. The molecule has 4 nitrogen and oxygen atoms in total.